The van der Waals surface area contributed by atoms with E-state index in [2.05, 4.69) is 15.9 Å². The average molecular weight is 350 g/mol. The first-order valence-corrected chi connectivity index (χ1v) is 7.35. The van der Waals surface area contributed by atoms with Crippen molar-refractivity contribution in [2.45, 2.75) is 6.92 Å². The number of rotatable bonds is 4. The lowest BCUT2D eigenvalue weighted by Gasteiger charge is -2.19. The van der Waals surface area contributed by atoms with Gasteiger partial charge in [-0.15, -0.1) is 0 Å². The molecule has 1 atom stereocenters. The third kappa shape index (κ3) is 3.61. The molecule has 1 amide bonds. The maximum absolute atomic E-state index is 12.3. The molecule has 0 saturated carbocycles. The lowest BCUT2D eigenvalue weighted by Crippen LogP contribution is -2.33. The second-order valence-corrected chi connectivity index (χ2v) is 6.05. The van der Waals surface area contributed by atoms with Gasteiger partial charge in [-0.1, -0.05) is 35.0 Å². The van der Waals surface area contributed by atoms with Gasteiger partial charge in [0.25, 0.3) is 5.91 Å². The van der Waals surface area contributed by atoms with Crippen LogP contribution in [0.2, 0.25) is 0 Å². The van der Waals surface area contributed by atoms with Gasteiger partial charge in [0.1, 0.15) is 0 Å². The predicted molar refractivity (Wildman–Crippen MR) is 85.4 cm³/mol. The number of carboxylic acid groups (broad SMARTS) is 1. The molecule has 2 aromatic carbocycles. The molecule has 21 heavy (non-hydrogen) atoms. The van der Waals surface area contributed by atoms with Gasteiger partial charge < -0.3 is 10.0 Å². The SMILES string of the molecule is CC(CN(C)C(=O)c1ccc2cc(Br)ccc2c1)C(=O)O. The highest BCUT2D eigenvalue weighted by Gasteiger charge is 2.18. The van der Waals surface area contributed by atoms with Gasteiger partial charge in [-0.25, -0.2) is 0 Å². The van der Waals surface area contributed by atoms with Crippen molar-refractivity contribution < 1.29 is 14.7 Å². The second kappa shape index (κ2) is 6.26. The molecule has 2 rings (SSSR count). The maximum atomic E-state index is 12.3. The summed E-state index contributed by atoms with van der Waals surface area (Å²) in [6.07, 6.45) is 0. The van der Waals surface area contributed by atoms with Crippen LogP contribution in [-0.4, -0.2) is 35.5 Å². The lowest BCUT2D eigenvalue weighted by atomic mass is 10.1. The first-order chi connectivity index (χ1) is 9.88. The molecule has 0 heterocycles. The van der Waals surface area contributed by atoms with Crippen LogP contribution in [-0.2, 0) is 4.79 Å². The van der Waals surface area contributed by atoms with E-state index in [0.29, 0.717) is 5.56 Å². The zero-order valence-electron chi connectivity index (χ0n) is 11.8. The number of carbonyl (C=O) groups excluding carboxylic acids is 1. The van der Waals surface area contributed by atoms with Crippen LogP contribution in [0.25, 0.3) is 10.8 Å². The molecule has 0 aromatic heterocycles. The Morgan fingerprint density at radius 3 is 2.48 bits per heavy atom. The van der Waals surface area contributed by atoms with Crippen molar-refractivity contribution in [3.05, 3.63) is 46.4 Å². The molecule has 1 unspecified atom stereocenters. The summed E-state index contributed by atoms with van der Waals surface area (Å²) in [6.45, 7) is 1.77. The first-order valence-electron chi connectivity index (χ1n) is 6.56. The van der Waals surface area contributed by atoms with Crippen LogP contribution in [0.3, 0.4) is 0 Å². The van der Waals surface area contributed by atoms with E-state index in [1.807, 2.05) is 30.3 Å². The topological polar surface area (TPSA) is 57.6 Å². The number of halogens is 1. The molecular weight excluding hydrogens is 334 g/mol. The summed E-state index contributed by atoms with van der Waals surface area (Å²) in [4.78, 5) is 24.6. The monoisotopic (exact) mass is 349 g/mol. The minimum absolute atomic E-state index is 0.173. The summed E-state index contributed by atoms with van der Waals surface area (Å²) >= 11 is 3.41. The summed E-state index contributed by atoms with van der Waals surface area (Å²) in [5.41, 5.74) is 0.560. The molecule has 0 bridgehead atoms. The fourth-order valence-corrected chi connectivity index (χ4v) is 2.52. The van der Waals surface area contributed by atoms with Gasteiger partial charge in [-0.2, -0.15) is 0 Å². The zero-order chi connectivity index (χ0) is 15.6. The van der Waals surface area contributed by atoms with E-state index in [9.17, 15) is 9.59 Å². The third-order valence-corrected chi connectivity index (χ3v) is 3.86. The van der Waals surface area contributed by atoms with Gasteiger partial charge in [0, 0.05) is 23.6 Å². The van der Waals surface area contributed by atoms with Crippen LogP contribution in [0.5, 0.6) is 0 Å². The Bertz CT molecular complexity index is 699. The quantitative estimate of drug-likeness (QED) is 0.920. The molecule has 5 heteroatoms. The van der Waals surface area contributed by atoms with Crippen molar-refractivity contribution in [3.8, 4) is 0 Å². The number of carbonyl (C=O) groups is 2. The zero-order valence-corrected chi connectivity index (χ0v) is 13.4. The summed E-state index contributed by atoms with van der Waals surface area (Å²) in [5, 5.41) is 10.9. The smallest absolute Gasteiger partial charge is 0.308 e. The molecule has 0 aliphatic carbocycles. The number of fused-ring (bicyclic) bond motifs is 1. The van der Waals surface area contributed by atoms with E-state index in [-0.39, 0.29) is 12.5 Å². The van der Waals surface area contributed by atoms with Crippen LogP contribution < -0.4 is 0 Å². The molecule has 2 aromatic rings. The highest BCUT2D eigenvalue weighted by molar-refractivity contribution is 9.10. The van der Waals surface area contributed by atoms with E-state index in [4.69, 9.17) is 5.11 Å². The molecule has 4 nitrogen and oxygen atoms in total. The molecule has 0 aliphatic heterocycles. The van der Waals surface area contributed by atoms with Crippen molar-refractivity contribution >= 4 is 38.6 Å². The van der Waals surface area contributed by atoms with E-state index < -0.39 is 11.9 Å². The van der Waals surface area contributed by atoms with E-state index >= 15 is 0 Å². The number of hydrogen-bond acceptors (Lipinski definition) is 2. The van der Waals surface area contributed by atoms with E-state index in [0.717, 1.165) is 15.2 Å². The van der Waals surface area contributed by atoms with Gasteiger partial charge >= 0.3 is 5.97 Å². The maximum Gasteiger partial charge on any atom is 0.308 e. The largest absolute Gasteiger partial charge is 0.481 e. The van der Waals surface area contributed by atoms with Gasteiger partial charge in [0.05, 0.1) is 5.92 Å². The van der Waals surface area contributed by atoms with Crippen molar-refractivity contribution in [1.29, 1.82) is 0 Å². The Kier molecular flexibility index (Phi) is 4.63. The molecular formula is C16H16BrNO3. The molecule has 0 fully saturated rings. The van der Waals surface area contributed by atoms with Crippen LogP contribution >= 0.6 is 15.9 Å². The van der Waals surface area contributed by atoms with Gasteiger partial charge in [-0.3, -0.25) is 9.59 Å². The first kappa shape index (κ1) is 15.5. The minimum Gasteiger partial charge on any atom is -0.481 e. The van der Waals surface area contributed by atoms with Crippen molar-refractivity contribution in [1.82, 2.24) is 4.90 Å². The molecule has 110 valence electrons. The molecule has 0 spiro atoms. The number of carboxylic acids is 1. The van der Waals surface area contributed by atoms with E-state index in [1.165, 1.54) is 4.90 Å². The molecule has 0 radical (unpaired) electrons. The highest BCUT2D eigenvalue weighted by Crippen LogP contribution is 2.21. The highest BCUT2D eigenvalue weighted by atomic mass is 79.9. The Morgan fingerprint density at radius 2 is 1.81 bits per heavy atom. The fourth-order valence-electron chi connectivity index (χ4n) is 2.14. The van der Waals surface area contributed by atoms with Crippen LogP contribution in [0.4, 0.5) is 0 Å². The van der Waals surface area contributed by atoms with Gasteiger partial charge in [0.15, 0.2) is 0 Å². The van der Waals surface area contributed by atoms with Crippen LogP contribution in [0.1, 0.15) is 17.3 Å². The fraction of sp³-hybridized carbons (Fsp3) is 0.250. The predicted octanol–water partition coefficient (Wildman–Crippen LogP) is 3.40. The normalized spacial score (nSPS) is 12.1. The Morgan fingerprint density at radius 1 is 1.19 bits per heavy atom. The van der Waals surface area contributed by atoms with Gasteiger partial charge in [-0.05, 0) is 35.0 Å². The second-order valence-electron chi connectivity index (χ2n) is 5.13. The molecule has 1 N–H and O–H groups in total. The van der Waals surface area contributed by atoms with Crippen molar-refractivity contribution in [2.75, 3.05) is 13.6 Å². The number of amides is 1. The number of benzene rings is 2. The standard InChI is InChI=1S/C16H16BrNO3/c1-10(16(20)21)9-18(2)15(19)13-4-3-12-8-14(17)6-5-11(12)7-13/h3-8,10H,9H2,1-2H3,(H,20,21). The lowest BCUT2D eigenvalue weighted by molar-refractivity contribution is -0.141. The summed E-state index contributed by atoms with van der Waals surface area (Å²) < 4.78 is 0.987. The molecule has 0 saturated heterocycles. The van der Waals surface area contributed by atoms with Crippen LogP contribution in [0, 0.1) is 5.92 Å². The summed E-state index contributed by atoms with van der Waals surface area (Å²) in [5.74, 6) is -1.67. The summed E-state index contributed by atoms with van der Waals surface area (Å²) in [7, 11) is 1.62. The Balaban J connectivity index is 2.23. The van der Waals surface area contributed by atoms with Crippen molar-refractivity contribution in [3.63, 3.8) is 0 Å². The molecule has 0 aliphatic rings. The number of nitrogens with zero attached hydrogens (tertiary/aromatic N) is 1. The van der Waals surface area contributed by atoms with Gasteiger partial charge in [0.2, 0.25) is 0 Å². The number of aliphatic carboxylic acids is 1. The Hall–Kier alpha value is -1.88. The third-order valence-electron chi connectivity index (χ3n) is 3.37. The average Bonchev–Trinajstić information content (AvgIpc) is 2.45. The van der Waals surface area contributed by atoms with Crippen molar-refractivity contribution in [2.24, 2.45) is 5.92 Å². The van der Waals surface area contributed by atoms with Crippen LogP contribution in [0.15, 0.2) is 40.9 Å². The van der Waals surface area contributed by atoms with E-state index in [1.54, 1.807) is 20.0 Å². The minimum atomic E-state index is -0.905. The number of hydrogen-bond donors (Lipinski definition) is 1. The summed E-state index contributed by atoms with van der Waals surface area (Å²) in [6, 6.07) is 11.3. The Labute approximate surface area is 131 Å².